The summed E-state index contributed by atoms with van der Waals surface area (Å²) in [4.78, 5) is 18.3. The third-order valence-electron chi connectivity index (χ3n) is 7.62. The zero-order chi connectivity index (χ0) is 26.2. The van der Waals surface area contributed by atoms with Gasteiger partial charge < -0.3 is 19.5 Å². The normalized spacial score (nSPS) is 19.0. The summed E-state index contributed by atoms with van der Waals surface area (Å²) in [7, 11) is 3.26. The summed E-state index contributed by atoms with van der Waals surface area (Å²) in [6.07, 6.45) is 4.58. The van der Waals surface area contributed by atoms with E-state index in [9.17, 15) is 9.90 Å². The summed E-state index contributed by atoms with van der Waals surface area (Å²) in [5.41, 5.74) is 2.63. The van der Waals surface area contributed by atoms with E-state index >= 15 is 4.39 Å². The van der Waals surface area contributed by atoms with Gasteiger partial charge in [-0.15, -0.1) is 0 Å². The summed E-state index contributed by atoms with van der Waals surface area (Å²) in [5, 5.41) is 10.3. The Morgan fingerprint density at radius 1 is 1.11 bits per heavy atom. The number of aliphatic carboxylic acids is 1. The minimum absolute atomic E-state index is 0.0358. The molecule has 1 fully saturated rings. The van der Waals surface area contributed by atoms with Crippen molar-refractivity contribution in [3.05, 3.63) is 65.9 Å². The van der Waals surface area contributed by atoms with Crippen LogP contribution in [-0.4, -0.2) is 54.8 Å². The molecule has 0 bridgehead atoms. The predicted octanol–water partition coefficient (Wildman–Crippen LogP) is 6.09. The van der Waals surface area contributed by atoms with E-state index in [0.717, 1.165) is 55.5 Å². The average molecular weight is 509 g/mol. The van der Waals surface area contributed by atoms with Gasteiger partial charge in [0, 0.05) is 24.5 Å². The first-order chi connectivity index (χ1) is 18.0. The number of likely N-dealkylation sites (tertiary alicyclic amines) is 1. The van der Waals surface area contributed by atoms with Gasteiger partial charge in [0.15, 0.2) is 0 Å². The van der Waals surface area contributed by atoms with Crippen molar-refractivity contribution in [2.24, 2.45) is 11.8 Å². The van der Waals surface area contributed by atoms with Crippen LogP contribution in [0, 0.1) is 11.8 Å². The number of nitrogens with zero attached hydrogens (tertiary/aromatic N) is 2. The SMILES string of the molecule is COc1ccc(CCCN2CC[C@@H](CCC(F)c3ccnc4ccc(OC)cc34)[C@@H](CC(=O)O)C2)cc1. The molecule has 0 saturated carbocycles. The molecular formula is C30H37FN2O4. The molecule has 0 spiro atoms. The summed E-state index contributed by atoms with van der Waals surface area (Å²) in [6, 6.07) is 15.4. The Hall–Kier alpha value is -3.19. The number of rotatable bonds is 12. The predicted molar refractivity (Wildman–Crippen MR) is 143 cm³/mol. The lowest BCUT2D eigenvalue weighted by molar-refractivity contribution is -0.139. The van der Waals surface area contributed by atoms with Crippen molar-refractivity contribution in [2.75, 3.05) is 33.9 Å². The number of halogens is 1. The number of carboxylic acids is 1. The fourth-order valence-electron chi connectivity index (χ4n) is 5.56. The average Bonchev–Trinajstić information content (AvgIpc) is 2.91. The van der Waals surface area contributed by atoms with Crippen LogP contribution in [0.2, 0.25) is 0 Å². The summed E-state index contributed by atoms with van der Waals surface area (Å²) in [6.45, 7) is 2.62. The minimum atomic E-state index is -1.13. The number of piperidine rings is 1. The standard InChI is InChI=1S/C30H37FN2O4/c1-36-24-8-5-21(6-9-24)4-3-16-33-17-14-22(23(20-33)18-30(34)35)7-11-28(31)26-13-15-32-29-12-10-25(37-2)19-27(26)29/h5-6,8-10,12-13,15,19,22-23,28H,3-4,7,11,14,16-18,20H2,1-2H3,(H,34,35)/t22-,23+,28?/m1/s1. The highest BCUT2D eigenvalue weighted by Crippen LogP contribution is 2.36. The van der Waals surface area contributed by atoms with Gasteiger partial charge in [-0.1, -0.05) is 12.1 Å². The van der Waals surface area contributed by atoms with Crippen molar-refractivity contribution >= 4 is 16.9 Å². The smallest absolute Gasteiger partial charge is 0.303 e. The van der Waals surface area contributed by atoms with Crippen LogP contribution in [0.4, 0.5) is 4.39 Å². The zero-order valence-electron chi connectivity index (χ0n) is 21.7. The highest BCUT2D eigenvalue weighted by atomic mass is 19.1. The van der Waals surface area contributed by atoms with Crippen LogP contribution in [0.25, 0.3) is 10.9 Å². The Balaban J connectivity index is 1.33. The van der Waals surface area contributed by atoms with E-state index in [1.165, 1.54) is 5.56 Å². The Kier molecular flexibility index (Phi) is 9.34. The molecule has 37 heavy (non-hydrogen) atoms. The number of benzene rings is 2. The topological polar surface area (TPSA) is 71.9 Å². The number of methoxy groups -OCH3 is 2. The molecule has 4 rings (SSSR count). The minimum Gasteiger partial charge on any atom is -0.497 e. The van der Waals surface area contributed by atoms with Crippen LogP contribution in [0.3, 0.4) is 0 Å². The van der Waals surface area contributed by atoms with Gasteiger partial charge in [-0.05, 0) is 105 Å². The Bertz CT molecular complexity index is 1170. The third kappa shape index (κ3) is 7.19. The molecule has 7 heteroatoms. The lowest BCUT2D eigenvalue weighted by Gasteiger charge is -2.38. The van der Waals surface area contributed by atoms with Crippen LogP contribution in [0.15, 0.2) is 54.7 Å². The van der Waals surface area contributed by atoms with Crippen LogP contribution in [0.5, 0.6) is 11.5 Å². The molecule has 0 radical (unpaired) electrons. The van der Waals surface area contributed by atoms with Gasteiger partial charge in [-0.3, -0.25) is 9.78 Å². The number of hydrogen-bond acceptors (Lipinski definition) is 5. The van der Waals surface area contributed by atoms with Crippen molar-refractivity contribution < 1.29 is 23.8 Å². The molecule has 1 unspecified atom stereocenters. The number of aromatic nitrogens is 1. The molecule has 198 valence electrons. The van der Waals surface area contributed by atoms with E-state index in [4.69, 9.17) is 9.47 Å². The van der Waals surface area contributed by atoms with Gasteiger partial charge in [-0.2, -0.15) is 0 Å². The number of carbonyl (C=O) groups is 1. The number of carboxylic acid groups (broad SMARTS) is 1. The lowest BCUT2D eigenvalue weighted by Crippen LogP contribution is -2.42. The quantitative estimate of drug-likeness (QED) is 0.319. The summed E-state index contributed by atoms with van der Waals surface area (Å²) in [5.74, 6) is 0.993. The molecule has 3 atom stereocenters. The second kappa shape index (κ2) is 12.9. The van der Waals surface area contributed by atoms with Gasteiger partial charge in [0.25, 0.3) is 0 Å². The molecule has 1 N–H and O–H groups in total. The number of ether oxygens (including phenoxy) is 2. The molecule has 1 aliphatic heterocycles. The van der Waals surface area contributed by atoms with Gasteiger partial charge in [-0.25, -0.2) is 4.39 Å². The van der Waals surface area contributed by atoms with Gasteiger partial charge >= 0.3 is 5.97 Å². The molecule has 1 aliphatic rings. The lowest BCUT2D eigenvalue weighted by atomic mass is 9.79. The van der Waals surface area contributed by atoms with Crippen molar-refractivity contribution in [2.45, 2.75) is 44.7 Å². The highest BCUT2D eigenvalue weighted by molar-refractivity contribution is 5.83. The van der Waals surface area contributed by atoms with Crippen molar-refractivity contribution in [1.29, 1.82) is 0 Å². The van der Waals surface area contributed by atoms with E-state index in [2.05, 4.69) is 22.0 Å². The fraction of sp³-hybridized carbons (Fsp3) is 0.467. The molecular weight excluding hydrogens is 471 g/mol. The molecule has 2 aromatic carbocycles. The maximum atomic E-state index is 15.5. The van der Waals surface area contributed by atoms with E-state index in [1.54, 1.807) is 26.5 Å². The van der Waals surface area contributed by atoms with E-state index in [0.29, 0.717) is 24.2 Å². The fourth-order valence-corrected chi connectivity index (χ4v) is 5.56. The van der Waals surface area contributed by atoms with Gasteiger partial charge in [0.2, 0.25) is 0 Å². The van der Waals surface area contributed by atoms with E-state index in [1.807, 2.05) is 30.3 Å². The molecule has 3 aromatic rings. The molecule has 6 nitrogen and oxygen atoms in total. The van der Waals surface area contributed by atoms with Crippen LogP contribution >= 0.6 is 0 Å². The zero-order valence-corrected chi connectivity index (χ0v) is 21.7. The maximum Gasteiger partial charge on any atom is 0.303 e. The summed E-state index contributed by atoms with van der Waals surface area (Å²) < 4.78 is 26.0. The number of hydrogen-bond donors (Lipinski definition) is 1. The molecule has 1 saturated heterocycles. The highest BCUT2D eigenvalue weighted by Gasteiger charge is 2.31. The number of aryl methyl sites for hydroxylation is 1. The van der Waals surface area contributed by atoms with Crippen molar-refractivity contribution in [1.82, 2.24) is 9.88 Å². The van der Waals surface area contributed by atoms with Crippen molar-refractivity contribution in [3.8, 4) is 11.5 Å². The van der Waals surface area contributed by atoms with Crippen molar-refractivity contribution in [3.63, 3.8) is 0 Å². The number of pyridine rings is 1. The maximum absolute atomic E-state index is 15.5. The van der Waals surface area contributed by atoms with E-state index in [-0.39, 0.29) is 18.3 Å². The first-order valence-electron chi connectivity index (χ1n) is 13.1. The third-order valence-corrected chi connectivity index (χ3v) is 7.62. The molecule has 1 aromatic heterocycles. The number of fused-ring (bicyclic) bond motifs is 1. The second-order valence-electron chi connectivity index (χ2n) is 9.99. The first-order valence-corrected chi connectivity index (χ1v) is 13.1. The molecule has 0 aliphatic carbocycles. The first kappa shape index (κ1) is 26.9. The summed E-state index contributed by atoms with van der Waals surface area (Å²) >= 11 is 0. The van der Waals surface area contributed by atoms with Crippen LogP contribution in [0.1, 0.15) is 49.4 Å². The Morgan fingerprint density at radius 2 is 1.86 bits per heavy atom. The van der Waals surface area contributed by atoms with Gasteiger partial charge in [0.05, 0.1) is 19.7 Å². The number of alkyl halides is 1. The second-order valence-corrected chi connectivity index (χ2v) is 9.99. The van der Waals surface area contributed by atoms with Crippen LogP contribution in [-0.2, 0) is 11.2 Å². The van der Waals surface area contributed by atoms with Crippen LogP contribution < -0.4 is 9.47 Å². The monoisotopic (exact) mass is 508 g/mol. The molecule has 0 amide bonds. The van der Waals surface area contributed by atoms with E-state index < -0.39 is 12.1 Å². The Labute approximate surface area is 218 Å². The molecule has 2 heterocycles. The Morgan fingerprint density at radius 3 is 2.59 bits per heavy atom. The van der Waals surface area contributed by atoms with Gasteiger partial charge in [0.1, 0.15) is 17.7 Å². The largest absolute Gasteiger partial charge is 0.497 e.